The van der Waals surface area contributed by atoms with E-state index in [0.717, 1.165) is 21.8 Å². The molecule has 146 valence electrons. The van der Waals surface area contributed by atoms with Crippen molar-refractivity contribution in [2.75, 3.05) is 7.11 Å². The smallest absolute Gasteiger partial charge is 0.307 e. The maximum atomic E-state index is 12.2. The van der Waals surface area contributed by atoms with Gasteiger partial charge in [0.1, 0.15) is 5.58 Å². The van der Waals surface area contributed by atoms with Crippen molar-refractivity contribution in [1.82, 2.24) is 5.43 Å². The summed E-state index contributed by atoms with van der Waals surface area (Å²) in [6.07, 6.45) is 2.53. The molecular weight excluding hydrogens is 424 g/mol. The minimum Gasteiger partial charge on any atom is -0.493 e. The third-order valence-corrected chi connectivity index (χ3v) is 4.67. The van der Waals surface area contributed by atoms with Crippen LogP contribution in [-0.2, 0) is 0 Å². The van der Waals surface area contributed by atoms with Crippen LogP contribution in [0.2, 0.25) is 0 Å². The number of nitrogens with zero attached hydrogens (tertiary/aromatic N) is 1. The Hall–Kier alpha value is -2.80. The first kappa shape index (κ1) is 19.9. The molecule has 0 bridgehead atoms. The minimum atomic E-state index is -0.424. The highest BCUT2D eigenvalue weighted by Crippen LogP contribution is 2.29. The molecule has 3 aromatic rings. The summed E-state index contributed by atoms with van der Waals surface area (Å²) >= 11 is 3.40. The van der Waals surface area contributed by atoms with E-state index in [1.54, 1.807) is 25.3 Å². The maximum Gasteiger partial charge on any atom is 0.307 e. The van der Waals surface area contributed by atoms with Crippen LogP contribution in [0.25, 0.3) is 11.0 Å². The number of rotatable bonds is 7. The van der Waals surface area contributed by atoms with Gasteiger partial charge in [0.25, 0.3) is 0 Å². The number of hydrogen-bond acceptors (Lipinski definition) is 5. The first-order chi connectivity index (χ1) is 13.5. The molecule has 0 spiro atoms. The zero-order valence-electron chi connectivity index (χ0n) is 15.9. The topological polar surface area (TPSA) is 73.1 Å². The molecule has 7 heteroatoms. The number of furan rings is 1. The van der Waals surface area contributed by atoms with E-state index in [2.05, 4.69) is 33.4 Å². The molecular formula is C21H21BrN2O4. The van der Waals surface area contributed by atoms with Crippen molar-refractivity contribution in [2.45, 2.75) is 26.4 Å². The lowest BCUT2D eigenvalue weighted by molar-refractivity contribution is 0.0929. The monoisotopic (exact) mass is 444 g/mol. The van der Waals surface area contributed by atoms with E-state index in [-0.39, 0.29) is 11.9 Å². The molecule has 0 fully saturated rings. The molecule has 2 aromatic carbocycles. The Labute approximate surface area is 171 Å². The summed E-state index contributed by atoms with van der Waals surface area (Å²) in [6.45, 7) is 4.06. The van der Waals surface area contributed by atoms with E-state index in [1.165, 1.54) is 6.21 Å². The van der Waals surface area contributed by atoms with Crippen molar-refractivity contribution >= 4 is 39.0 Å². The van der Waals surface area contributed by atoms with Crippen LogP contribution in [-0.4, -0.2) is 25.3 Å². The minimum absolute atomic E-state index is 0.0946. The van der Waals surface area contributed by atoms with E-state index in [9.17, 15) is 4.79 Å². The zero-order valence-corrected chi connectivity index (χ0v) is 17.4. The molecule has 1 heterocycles. The largest absolute Gasteiger partial charge is 0.493 e. The lowest BCUT2D eigenvalue weighted by Crippen LogP contribution is -2.16. The third-order valence-electron chi connectivity index (χ3n) is 4.17. The number of halogens is 1. The molecule has 1 amide bonds. The average Bonchev–Trinajstić information content (AvgIpc) is 3.12. The molecule has 0 aliphatic carbocycles. The second-order valence-electron chi connectivity index (χ2n) is 6.24. The number of fused-ring (bicyclic) bond motifs is 1. The molecule has 1 atom stereocenters. The summed E-state index contributed by atoms with van der Waals surface area (Å²) in [4.78, 5) is 12.2. The van der Waals surface area contributed by atoms with Gasteiger partial charge in [0, 0.05) is 9.86 Å². The normalized spacial score (nSPS) is 12.3. The van der Waals surface area contributed by atoms with Crippen LogP contribution in [0.4, 0.5) is 0 Å². The van der Waals surface area contributed by atoms with E-state index < -0.39 is 5.91 Å². The van der Waals surface area contributed by atoms with Gasteiger partial charge < -0.3 is 13.9 Å². The lowest BCUT2D eigenvalue weighted by Gasteiger charge is -2.15. The number of carbonyl (C=O) groups is 1. The van der Waals surface area contributed by atoms with Gasteiger partial charge in [-0.1, -0.05) is 22.9 Å². The molecule has 0 saturated heterocycles. The van der Waals surface area contributed by atoms with Crippen LogP contribution in [0.15, 0.2) is 56.5 Å². The van der Waals surface area contributed by atoms with Crippen LogP contribution in [0.3, 0.4) is 0 Å². The van der Waals surface area contributed by atoms with Crippen LogP contribution >= 0.6 is 15.9 Å². The molecule has 6 nitrogen and oxygen atoms in total. The summed E-state index contributed by atoms with van der Waals surface area (Å²) in [6, 6.07) is 12.7. The summed E-state index contributed by atoms with van der Waals surface area (Å²) in [5.41, 5.74) is 3.87. The second kappa shape index (κ2) is 8.93. The first-order valence-corrected chi connectivity index (χ1v) is 9.66. The molecule has 28 heavy (non-hydrogen) atoms. The maximum absolute atomic E-state index is 12.2. The van der Waals surface area contributed by atoms with Gasteiger partial charge in [-0.15, -0.1) is 0 Å². The number of hydrazone groups is 1. The molecule has 0 radical (unpaired) electrons. The Bertz CT molecular complexity index is 1010. The predicted octanol–water partition coefficient (Wildman–Crippen LogP) is 5.15. The van der Waals surface area contributed by atoms with Gasteiger partial charge in [-0.05, 0) is 61.4 Å². The molecule has 0 unspecified atom stereocenters. The number of carbonyl (C=O) groups excluding carboxylic acids is 1. The Morgan fingerprint density at radius 2 is 2.07 bits per heavy atom. The Morgan fingerprint density at radius 1 is 1.25 bits per heavy atom. The Balaban J connectivity index is 1.68. The molecule has 0 saturated carbocycles. The van der Waals surface area contributed by atoms with Crippen LogP contribution in [0, 0.1) is 0 Å². The SMILES string of the molecule is CC[C@@H](C)Oc1ccc(/C=N/NC(=O)c2cc3cc(Br)ccc3o2)cc1OC. The standard InChI is InChI=1S/C21H21BrN2O4/c1-4-13(2)27-18-7-5-14(9-19(18)26-3)12-23-24-21(25)20-11-15-10-16(22)6-8-17(15)28-20/h5-13H,4H2,1-3H3,(H,24,25)/b23-12+/t13-/m1/s1. The second-order valence-corrected chi connectivity index (χ2v) is 7.15. The first-order valence-electron chi connectivity index (χ1n) is 8.87. The van der Waals surface area contributed by atoms with Crippen molar-refractivity contribution in [3.8, 4) is 11.5 Å². The van der Waals surface area contributed by atoms with Gasteiger partial charge >= 0.3 is 5.91 Å². The van der Waals surface area contributed by atoms with Gasteiger partial charge in [-0.2, -0.15) is 5.10 Å². The highest BCUT2D eigenvalue weighted by atomic mass is 79.9. The van der Waals surface area contributed by atoms with Crippen LogP contribution in [0.1, 0.15) is 36.4 Å². The average molecular weight is 445 g/mol. The quantitative estimate of drug-likeness (QED) is 0.404. The van der Waals surface area contributed by atoms with Crippen molar-refractivity contribution < 1.29 is 18.7 Å². The number of amides is 1. The number of benzene rings is 2. The Kier molecular flexibility index (Phi) is 6.36. The van der Waals surface area contributed by atoms with Crippen LogP contribution in [0.5, 0.6) is 11.5 Å². The van der Waals surface area contributed by atoms with Gasteiger partial charge in [-0.3, -0.25) is 4.79 Å². The molecule has 0 aliphatic heterocycles. The van der Waals surface area contributed by atoms with Crippen molar-refractivity contribution in [2.24, 2.45) is 5.10 Å². The number of hydrogen-bond donors (Lipinski definition) is 1. The van der Waals surface area contributed by atoms with Gasteiger partial charge in [0.2, 0.25) is 0 Å². The van der Waals surface area contributed by atoms with Crippen molar-refractivity contribution in [1.29, 1.82) is 0 Å². The van der Waals surface area contributed by atoms with Gasteiger partial charge in [-0.25, -0.2) is 5.43 Å². The number of methoxy groups -OCH3 is 1. The van der Waals surface area contributed by atoms with Gasteiger partial charge in [0.15, 0.2) is 17.3 Å². The zero-order chi connectivity index (χ0) is 20.1. The summed E-state index contributed by atoms with van der Waals surface area (Å²) in [5.74, 6) is 1.05. The summed E-state index contributed by atoms with van der Waals surface area (Å²) in [5, 5.41) is 4.84. The lowest BCUT2D eigenvalue weighted by atomic mass is 10.2. The fourth-order valence-electron chi connectivity index (χ4n) is 2.51. The fourth-order valence-corrected chi connectivity index (χ4v) is 2.89. The highest BCUT2D eigenvalue weighted by Gasteiger charge is 2.12. The number of ether oxygens (including phenoxy) is 2. The number of nitrogens with one attached hydrogen (secondary N) is 1. The molecule has 3 rings (SSSR count). The van der Waals surface area contributed by atoms with Gasteiger partial charge in [0.05, 0.1) is 19.4 Å². The van der Waals surface area contributed by atoms with Crippen molar-refractivity contribution in [3.05, 3.63) is 58.3 Å². The van der Waals surface area contributed by atoms with E-state index in [0.29, 0.717) is 17.1 Å². The van der Waals surface area contributed by atoms with Crippen LogP contribution < -0.4 is 14.9 Å². The van der Waals surface area contributed by atoms with E-state index in [4.69, 9.17) is 13.9 Å². The fraction of sp³-hybridized carbons (Fsp3) is 0.238. The molecule has 1 aromatic heterocycles. The predicted molar refractivity (Wildman–Crippen MR) is 112 cm³/mol. The van der Waals surface area contributed by atoms with E-state index in [1.807, 2.05) is 31.2 Å². The third kappa shape index (κ3) is 4.72. The highest BCUT2D eigenvalue weighted by molar-refractivity contribution is 9.10. The van der Waals surface area contributed by atoms with E-state index >= 15 is 0 Å². The Morgan fingerprint density at radius 3 is 2.82 bits per heavy atom. The summed E-state index contributed by atoms with van der Waals surface area (Å²) in [7, 11) is 1.58. The van der Waals surface area contributed by atoms with Crippen molar-refractivity contribution in [3.63, 3.8) is 0 Å². The molecule has 0 aliphatic rings. The summed E-state index contributed by atoms with van der Waals surface area (Å²) < 4.78 is 17.7. The molecule has 1 N–H and O–H groups in total.